The van der Waals surface area contributed by atoms with Gasteiger partial charge >= 0.3 is 0 Å². The van der Waals surface area contributed by atoms with Crippen molar-refractivity contribution in [3.63, 3.8) is 0 Å². The first kappa shape index (κ1) is 13.8. The minimum atomic E-state index is -0.0556. The smallest absolute Gasteiger partial charge is 0.0834 e. The van der Waals surface area contributed by atoms with Crippen molar-refractivity contribution in [3.05, 3.63) is 16.9 Å². The van der Waals surface area contributed by atoms with Gasteiger partial charge in [0.15, 0.2) is 0 Å². The number of hydrogen-bond donors (Lipinski definition) is 2. The molecule has 1 aromatic rings. The Morgan fingerprint density at radius 3 is 2.50 bits per heavy atom. The summed E-state index contributed by atoms with van der Waals surface area (Å²) in [5.74, 6) is 6.43. The zero-order valence-corrected chi connectivity index (χ0v) is 12.0. The molecule has 1 fully saturated rings. The molecule has 1 aliphatic rings. The lowest BCUT2D eigenvalue weighted by molar-refractivity contribution is 0.0472. The normalized spacial score (nSPS) is 33.9. The lowest BCUT2D eigenvalue weighted by Crippen LogP contribution is -2.39. The van der Waals surface area contributed by atoms with E-state index < -0.39 is 0 Å². The van der Waals surface area contributed by atoms with Gasteiger partial charge in [0.1, 0.15) is 0 Å². The molecular formula is C12H21ClN4O. The highest BCUT2D eigenvalue weighted by atomic mass is 35.5. The number of hydrogen-bond acceptors (Lipinski definition) is 4. The van der Waals surface area contributed by atoms with Crippen molar-refractivity contribution in [2.24, 2.45) is 24.7 Å². The molecule has 5 atom stereocenters. The number of nitrogens with zero attached hydrogens (tertiary/aromatic N) is 2. The van der Waals surface area contributed by atoms with E-state index >= 15 is 0 Å². The van der Waals surface area contributed by atoms with E-state index in [1.165, 1.54) is 0 Å². The van der Waals surface area contributed by atoms with E-state index in [-0.39, 0.29) is 24.2 Å². The molecule has 0 spiro atoms. The fraction of sp³-hybridized carbons (Fsp3) is 0.750. The van der Waals surface area contributed by atoms with E-state index in [4.69, 9.17) is 22.2 Å². The van der Waals surface area contributed by atoms with E-state index in [2.05, 4.69) is 31.3 Å². The molecule has 2 heterocycles. The molecule has 3 N–H and O–H groups in total. The molecule has 1 aliphatic heterocycles. The van der Waals surface area contributed by atoms with Crippen molar-refractivity contribution in [1.82, 2.24) is 15.2 Å². The summed E-state index contributed by atoms with van der Waals surface area (Å²) in [4.78, 5) is 0. The third-order valence-electron chi connectivity index (χ3n) is 4.12. The van der Waals surface area contributed by atoms with Crippen LogP contribution in [0, 0.1) is 11.8 Å². The van der Waals surface area contributed by atoms with E-state index in [1.54, 1.807) is 10.9 Å². The number of ether oxygens (including phenoxy) is 1. The highest BCUT2D eigenvalue weighted by Gasteiger charge is 2.43. The maximum absolute atomic E-state index is 6.21. The average Bonchev–Trinajstić information content (AvgIpc) is 2.76. The molecule has 0 aliphatic carbocycles. The van der Waals surface area contributed by atoms with Gasteiger partial charge in [-0.15, -0.1) is 0 Å². The molecule has 0 aromatic carbocycles. The maximum Gasteiger partial charge on any atom is 0.0834 e. The summed E-state index contributed by atoms with van der Waals surface area (Å²) in [6, 6.07) is -0.0556. The predicted octanol–water partition coefficient (Wildman–Crippen LogP) is 1.64. The number of hydrazine groups is 1. The zero-order chi connectivity index (χ0) is 13.4. The fourth-order valence-electron chi connectivity index (χ4n) is 3.01. The summed E-state index contributed by atoms with van der Waals surface area (Å²) in [5.41, 5.74) is 3.80. The predicted molar refractivity (Wildman–Crippen MR) is 70.9 cm³/mol. The Labute approximate surface area is 113 Å². The molecule has 6 heteroatoms. The van der Waals surface area contributed by atoms with Gasteiger partial charge in [0, 0.05) is 13.0 Å². The minimum absolute atomic E-state index is 0.0556. The van der Waals surface area contributed by atoms with Crippen molar-refractivity contribution < 1.29 is 4.74 Å². The average molecular weight is 273 g/mol. The highest BCUT2D eigenvalue weighted by molar-refractivity contribution is 6.31. The van der Waals surface area contributed by atoms with E-state index in [0.717, 1.165) is 5.69 Å². The third-order valence-corrected chi connectivity index (χ3v) is 4.41. The van der Waals surface area contributed by atoms with Crippen LogP contribution in [0.4, 0.5) is 0 Å². The monoisotopic (exact) mass is 272 g/mol. The van der Waals surface area contributed by atoms with Crippen LogP contribution < -0.4 is 11.3 Å². The number of halogens is 1. The van der Waals surface area contributed by atoms with Crippen LogP contribution >= 0.6 is 11.6 Å². The Bertz CT molecular complexity index is 403. The van der Waals surface area contributed by atoms with Crippen LogP contribution in [0.2, 0.25) is 5.02 Å². The molecule has 5 unspecified atom stereocenters. The van der Waals surface area contributed by atoms with Crippen LogP contribution in [-0.4, -0.2) is 22.0 Å². The van der Waals surface area contributed by atoms with Gasteiger partial charge in [-0.1, -0.05) is 18.5 Å². The summed E-state index contributed by atoms with van der Waals surface area (Å²) in [5, 5.41) is 4.81. The molecule has 102 valence electrons. The lowest BCUT2D eigenvalue weighted by atomic mass is 9.82. The Kier molecular flexibility index (Phi) is 3.96. The van der Waals surface area contributed by atoms with Crippen molar-refractivity contribution in [2.45, 2.75) is 39.0 Å². The molecule has 0 saturated carbocycles. The Hall–Kier alpha value is -0.620. The molecule has 0 bridgehead atoms. The summed E-state index contributed by atoms with van der Waals surface area (Å²) in [6.45, 7) is 6.37. The van der Waals surface area contributed by atoms with Gasteiger partial charge in [-0.2, -0.15) is 5.10 Å². The Morgan fingerprint density at radius 1 is 1.44 bits per heavy atom. The van der Waals surface area contributed by atoms with Crippen LogP contribution in [0.3, 0.4) is 0 Å². The van der Waals surface area contributed by atoms with Gasteiger partial charge in [-0.25, -0.2) is 0 Å². The summed E-state index contributed by atoms with van der Waals surface area (Å²) >= 11 is 6.21. The number of nitrogens with one attached hydrogen (secondary N) is 1. The van der Waals surface area contributed by atoms with Crippen molar-refractivity contribution in [1.29, 1.82) is 0 Å². The molecule has 0 amide bonds. The Balaban J connectivity index is 2.35. The maximum atomic E-state index is 6.21. The lowest BCUT2D eigenvalue weighted by Gasteiger charge is -2.28. The van der Waals surface area contributed by atoms with Gasteiger partial charge in [-0.05, 0) is 19.8 Å². The van der Waals surface area contributed by atoms with Crippen LogP contribution in [0.25, 0.3) is 0 Å². The SMILES string of the molecule is CC1OC(C)C(C(NN)c2c(Cl)cnn2C)C1C. The molecule has 0 radical (unpaired) electrons. The second-order valence-corrected chi connectivity index (χ2v) is 5.54. The highest BCUT2D eigenvalue weighted by Crippen LogP contribution is 2.41. The molecule has 18 heavy (non-hydrogen) atoms. The number of nitrogens with two attached hydrogens (primary N) is 1. The second kappa shape index (κ2) is 5.17. The van der Waals surface area contributed by atoms with Gasteiger partial charge in [0.2, 0.25) is 0 Å². The summed E-state index contributed by atoms with van der Waals surface area (Å²) in [6.07, 6.45) is 2.02. The van der Waals surface area contributed by atoms with Crippen LogP contribution in [0.5, 0.6) is 0 Å². The molecular weight excluding hydrogens is 252 g/mol. The van der Waals surface area contributed by atoms with Crippen molar-refractivity contribution in [2.75, 3.05) is 0 Å². The van der Waals surface area contributed by atoms with Crippen LogP contribution in [-0.2, 0) is 11.8 Å². The van der Waals surface area contributed by atoms with Gasteiger partial charge in [0.05, 0.1) is 35.2 Å². The van der Waals surface area contributed by atoms with Gasteiger partial charge < -0.3 is 4.74 Å². The molecule has 1 saturated heterocycles. The van der Waals surface area contributed by atoms with E-state index in [0.29, 0.717) is 10.9 Å². The zero-order valence-electron chi connectivity index (χ0n) is 11.2. The Morgan fingerprint density at radius 2 is 2.11 bits per heavy atom. The first-order chi connectivity index (χ1) is 8.47. The van der Waals surface area contributed by atoms with E-state index in [1.807, 2.05) is 7.05 Å². The van der Waals surface area contributed by atoms with Crippen LogP contribution in [0.15, 0.2) is 6.20 Å². The van der Waals surface area contributed by atoms with Gasteiger partial charge in [0.25, 0.3) is 0 Å². The minimum Gasteiger partial charge on any atom is -0.375 e. The largest absolute Gasteiger partial charge is 0.375 e. The van der Waals surface area contributed by atoms with E-state index in [9.17, 15) is 0 Å². The van der Waals surface area contributed by atoms with Crippen molar-refractivity contribution in [3.8, 4) is 0 Å². The summed E-state index contributed by atoms with van der Waals surface area (Å²) < 4.78 is 7.65. The summed E-state index contributed by atoms with van der Waals surface area (Å²) in [7, 11) is 1.88. The number of aryl methyl sites for hydroxylation is 1. The topological polar surface area (TPSA) is 65.1 Å². The van der Waals surface area contributed by atoms with Gasteiger partial charge in [-0.3, -0.25) is 16.0 Å². The first-order valence-electron chi connectivity index (χ1n) is 6.26. The van der Waals surface area contributed by atoms with Crippen LogP contribution in [0.1, 0.15) is 32.5 Å². The number of rotatable bonds is 3. The third kappa shape index (κ3) is 2.16. The number of aromatic nitrogens is 2. The molecule has 2 rings (SSSR count). The fourth-order valence-corrected chi connectivity index (χ4v) is 3.29. The quantitative estimate of drug-likeness (QED) is 0.649. The first-order valence-corrected chi connectivity index (χ1v) is 6.64. The van der Waals surface area contributed by atoms with Crippen molar-refractivity contribution >= 4 is 11.6 Å². The standard InChI is InChI=1S/C12H21ClN4O/c1-6-7(2)18-8(3)10(6)11(16-14)12-9(13)5-15-17(12)4/h5-8,10-11,16H,14H2,1-4H3. The molecule has 1 aromatic heterocycles. The molecule has 5 nitrogen and oxygen atoms in total. The second-order valence-electron chi connectivity index (χ2n) is 5.13.